The van der Waals surface area contributed by atoms with E-state index in [0.717, 1.165) is 6.07 Å². The smallest absolute Gasteiger partial charge is 0.169 e. The SMILES string of the molecule is Fc1cccc(C2=NCC=N2)c1F. The normalized spacial score (nSPS) is 14.8. The van der Waals surface area contributed by atoms with Crippen molar-refractivity contribution in [2.24, 2.45) is 9.98 Å². The second kappa shape index (κ2) is 3.05. The molecular weight excluding hydrogens is 174 g/mol. The summed E-state index contributed by atoms with van der Waals surface area (Å²) in [6.45, 7) is 0.436. The average Bonchev–Trinajstić information content (AvgIpc) is 2.62. The number of benzene rings is 1. The molecule has 0 atom stereocenters. The number of nitrogens with zero attached hydrogens (tertiary/aromatic N) is 2. The lowest BCUT2D eigenvalue weighted by Gasteiger charge is -1.99. The topological polar surface area (TPSA) is 24.7 Å². The maximum atomic E-state index is 13.1. The van der Waals surface area contributed by atoms with Gasteiger partial charge in [0, 0.05) is 6.21 Å². The van der Waals surface area contributed by atoms with E-state index in [4.69, 9.17) is 0 Å². The maximum absolute atomic E-state index is 13.1. The quantitative estimate of drug-likeness (QED) is 0.629. The standard InChI is InChI=1S/C9H6F2N2/c10-7-3-1-2-6(8(7)11)9-12-4-5-13-9/h1-4H,5H2. The van der Waals surface area contributed by atoms with Crippen LogP contribution in [0.15, 0.2) is 28.2 Å². The third-order valence-electron chi connectivity index (χ3n) is 1.73. The van der Waals surface area contributed by atoms with Crippen LogP contribution in [0.2, 0.25) is 0 Å². The molecule has 0 radical (unpaired) electrons. The van der Waals surface area contributed by atoms with Crippen LogP contribution in [0.5, 0.6) is 0 Å². The average molecular weight is 180 g/mol. The van der Waals surface area contributed by atoms with Crippen LogP contribution >= 0.6 is 0 Å². The lowest BCUT2D eigenvalue weighted by molar-refractivity contribution is 0.507. The van der Waals surface area contributed by atoms with Gasteiger partial charge in [-0.05, 0) is 12.1 Å². The van der Waals surface area contributed by atoms with Gasteiger partial charge in [0.15, 0.2) is 17.5 Å². The highest BCUT2D eigenvalue weighted by atomic mass is 19.2. The molecule has 2 nitrogen and oxygen atoms in total. The van der Waals surface area contributed by atoms with E-state index in [0.29, 0.717) is 6.54 Å². The lowest BCUT2D eigenvalue weighted by atomic mass is 10.2. The molecule has 1 aliphatic rings. The highest BCUT2D eigenvalue weighted by molar-refractivity contribution is 6.06. The van der Waals surface area contributed by atoms with Crippen LogP contribution in [0.3, 0.4) is 0 Å². The van der Waals surface area contributed by atoms with E-state index in [2.05, 4.69) is 9.98 Å². The number of aliphatic imine (C=N–C) groups is 2. The Balaban J connectivity index is 2.51. The summed E-state index contributed by atoms with van der Waals surface area (Å²) < 4.78 is 25.9. The molecule has 1 aliphatic heterocycles. The first-order chi connectivity index (χ1) is 6.29. The van der Waals surface area contributed by atoms with Crippen LogP contribution in [-0.4, -0.2) is 18.6 Å². The number of amidine groups is 1. The van der Waals surface area contributed by atoms with Gasteiger partial charge in [-0.25, -0.2) is 13.8 Å². The highest BCUT2D eigenvalue weighted by Crippen LogP contribution is 2.14. The summed E-state index contributed by atoms with van der Waals surface area (Å²) in [7, 11) is 0. The van der Waals surface area contributed by atoms with Crippen LogP contribution in [0.25, 0.3) is 0 Å². The number of hydrogen-bond donors (Lipinski definition) is 0. The van der Waals surface area contributed by atoms with Crippen molar-refractivity contribution in [3.05, 3.63) is 35.4 Å². The maximum Gasteiger partial charge on any atom is 0.169 e. The van der Waals surface area contributed by atoms with Crippen LogP contribution < -0.4 is 0 Å². The van der Waals surface area contributed by atoms with Crippen molar-refractivity contribution in [2.45, 2.75) is 0 Å². The van der Waals surface area contributed by atoms with Crippen LogP contribution in [0.1, 0.15) is 5.56 Å². The second-order valence-corrected chi connectivity index (χ2v) is 2.58. The number of halogens is 2. The van der Waals surface area contributed by atoms with Crippen molar-refractivity contribution >= 4 is 12.1 Å². The van der Waals surface area contributed by atoms with Gasteiger partial charge in [0.25, 0.3) is 0 Å². The summed E-state index contributed by atoms with van der Waals surface area (Å²) in [5, 5.41) is 0. The Kier molecular flexibility index (Phi) is 1.88. The second-order valence-electron chi connectivity index (χ2n) is 2.58. The molecule has 66 valence electrons. The van der Waals surface area contributed by atoms with Crippen LogP contribution in [-0.2, 0) is 0 Å². The molecule has 1 aromatic rings. The molecule has 0 amide bonds. The van der Waals surface area contributed by atoms with Crippen molar-refractivity contribution < 1.29 is 8.78 Å². The van der Waals surface area contributed by atoms with E-state index in [1.807, 2.05) is 0 Å². The largest absolute Gasteiger partial charge is 0.260 e. The third-order valence-corrected chi connectivity index (χ3v) is 1.73. The van der Waals surface area contributed by atoms with E-state index >= 15 is 0 Å². The highest BCUT2D eigenvalue weighted by Gasteiger charge is 2.13. The Morgan fingerprint density at radius 3 is 2.77 bits per heavy atom. The van der Waals surface area contributed by atoms with E-state index in [1.54, 1.807) is 6.21 Å². The fraction of sp³-hybridized carbons (Fsp3) is 0.111. The first kappa shape index (κ1) is 8.04. The van der Waals surface area contributed by atoms with Gasteiger partial charge in [0.1, 0.15) is 0 Å². The Morgan fingerprint density at radius 2 is 2.08 bits per heavy atom. The molecule has 0 bridgehead atoms. The van der Waals surface area contributed by atoms with Gasteiger partial charge in [-0.1, -0.05) is 6.07 Å². The summed E-state index contributed by atoms with van der Waals surface area (Å²) in [6.07, 6.45) is 1.56. The Morgan fingerprint density at radius 1 is 1.23 bits per heavy atom. The van der Waals surface area contributed by atoms with Crippen molar-refractivity contribution in [3.63, 3.8) is 0 Å². The molecule has 0 fully saturated rings. The molecule has 1 heterocycles. The molecule has 0 unspecified atom stereocenters. The third kappa shape index (κ3) is 1.35. The fourth-order valence-corrected chi connectivity index (χ4v) is 1.13. The van der Waals surface area contributed by atoms with E-state index in [-0.39, 0.29) is 11.4 Å². The predicted molar refractivity (Wildman–Crippen MR) is 46.3 cm³/mol. The van der Waals surface area contributed by atoms with E-state index in [1.165, 1.54) is 12.1 Å². The van der Waals surface area contributed by atoms with Crippen molar-refractivity contribution in [1.82, 2.24) is 0 Å². The number of hydrogen-bond acceptors (Lipinski definition) is 2. The molecule has 0 N–H and O–H groups in total. The molecule has 2 rings (SSSR count). The Labute approximate surface area is 73.6 Å². The minimum atomic E-state index is -0.889. The fourth-order valence-electron chi connectivity index (χ4n) is 1.13. The molecule has 1 aromatic carbocycles. The molecule has 0 saturated heterocycles. The summed E-state index contributed by atoms with van der Waals surface area (Å²) in [4.78, 5) is 7.72. The predicted octanol–water partition coefficient (Wildman–Crippen LogP) is 1.80. The van der Waals surface area contributed by atoms with E-state index in [9.17, 15) is 8.78 Å². The Hall–Kier alpha value is -1.58. The van der Waals surface area contributed by atoms with E-state index < -0.39 is 11.6 Å². The van der Waals surface area contributed by atoms with Gasteiger partial charge in [0.05, 0.1) is 12.1 Å². The van der Waals surface area contributed by atoms with Gasteiger partial charge in [-0.15, -0.1) is 0 Å². The first-order valence-corrected chi connectivity index (χ1v) is 3.80. The molecular formula is C9H6F2N2. The van der Waals surface area contributed by atoms with Gasteiger partial charge in [-0.3, -0.25) is 4.99 Å². The molecule has 4 heteroatoms. The summed E-state index contributed by atoms with van der Waals surface area (Å²) in [5.41, 5.74) is 0.119. The minimum absolute atomic E-state index is 0.119. The monoisotopic (exact) mass is 180 g/mol. The minimum Gasteiger partial charge on any atom is -0.260 e. The molecule has 0 aliphatic carbocycles. The van der Waals surface area contributed by atoms with Gasteiger partial charge in [-0.2, -0.15) is 0 Å². The van der Waals surface area contributed by atoms with Gasteiger partial charge < -0.3 is 0 Å². The van der Waals surface area contributed by atoms with Gasteiger partial charge >= 0.3 is 0 Å². The van der Waals surface area contributed by atoms with Crippen LogP contribution in [0, 0.1) is 11.6 Å². The first-order valence-electron chi connectivity index (χ1n) is 3.80. The molecule has 13 heavy (non-hydrogen) atoms. The lowest BCUT2D eigenvalue weighted by Crippen LogP contribution is -2.00. The zero-order valence-electron chi connectivity index (χ0n) is 6.67. The summed E-state index contributed by atoms with van der Waals surface area (Å²) in [5.74, 6) is -1.50. The van der Waals surface area contributed by atoms with Gasteiger partial charge in [0.2, 0.25) is 0 Å². The molecule has 0 aromatic heterocycles. The zero-order valence-corrected chi connectivity index (χ0v) is 6.67. The van der Waals surface area contributed by atoms with Crippen LogP contribution in [0.4, 0.5) is 8.78 Å². The Bertz CT molecular complexity index is 397. The summed E-state index contributed by atoms with van der Waals surface area (Å²) in [6, 6.07) is 3.96. The molecule has 0 saturated carbocycles. The number of rotatable bonds is 1. The van der Waals surface area contributed by atoms with Crippen molar-refractivity contribution in [2.75, 3.05) is 6.54 Å². The zero-order chi connectivity index (χ0) is 9.26. The molecule has 0 spiro atoms. The van der Waals surface area contributed by atoms with Crippen molar-refractivity contribution in [1.29, 1.82) is 0 Å². The van der Waals surface area contributed by atoms with Crippen molar-refractivity contribution in [3.8, 4) is 0 Å². The summed E-state index contributed by atoms with van der Waals surface area (Å²) >= 11 is 0.